The lowest BCUT2D eigenvalue weighted by molar-refractivity contribution is -0.379. The van der Waals surface area contributed by atoms with Crippen molar-refractivity contribution in [2.45, 2.75) is 484 Å². The van der Waals surface area contributed by atoms with E-state index in [0.717, 1.165) is 96.3 Å². The maximum absolute atomic E-state index is 13.5. The van der Waals surface area contributed by atoms with Crippen molar-refractivity contribution in [1.82, 2.24) is 5.32 Å². The van der Waals surface area contributed by atoms with E-state index in [1.54, 1.807) is 6.08 Å². The molecule has 0 spiro atoms. The number of ether oxygens (including phenoxy) is 6. The summed E-state index contributed by atoms with van der Waals surface area (Å²) < 4.78 is 34.6. The van der Waals surface area contributed by atoms with E-state index >= 15 is 0 Å². The van der Waals surface area contributed by atoms with Crippen LogP contribution in [0.15, 0.2) is 109 Å². The predicted octanol–water partition coefficient (Wildman–Crippen LogP) is 19.6. The second-order valence-electron chi connectivity index (χ2n) is 33.8. The fourth-order valence-corrected chi connectivity index (χ4v) is 15.7. The molecule has 1 amide bonds. The highest BCUT2D eigenvalue weighted by Crippen LogP contribution is 2.34. The average molecular weight is 1670 g/mol. The summed E-state index contributed by atoms with van der Waals surface area (Å²) in [4.78, 5) is 13.5. The lowest BCUT2D eigenvalue weighted by Crippen LogP contribution is -2.66. The second kappa shape index (κ2) is 77.1. The van der Waals surface area contributed by atoms with Crippen LogP contribution >= 0.6 is 0 Å². The number of nitrogens with one attached hydrogen (secondary N) is 1. The van der Waals surface area contributed by atoms with Crippen LogP contribution in [-0.2, 0) is 33.2 Å². The number of aliphatic hydroxyl groups is 11. The molecule has 0 aromatic rings. The van der Waals surface area contributed by atoms with Crippen LogP contribution in [0.3, 0.4) is 0 Å². The number of rotatable bonds is 78. The first kappa shape index (κ1) is 109. The third-order valence-corrected chi connectivity index (χ3v) is 23.3. The molecule has 3 fully saturated rings. The quantitative estimate of drug-likeness (QED) is 0.0199. The number of unbranched alkanes of at least 4 members (excludes halogenated alkanes) is 46. The molecule has 17 unspecified atom stereocenters. The predicted molar refractivity (Wildman–Crippen MR) is 480 cm³/mol. The van der Waals surface area contributed by atoms with Gasteiger partial charge in [0.25, 0.3) is 0 Å². The molecule has 3 rings (SSSR count). The van der Waals surface area contributed by atoms with E-state index < -0.39 is 124 Å². The van der Waals surface area contributed by atoms with Crippen molar-refractivity contribution >= 4 is 5.91 Å². The van der Waals surface area contributed by atoms with Crippen molar-refractivity contribution < 1.29 is 89.4 Å². The summed E-state index contributed by atoms with van der Waals surface area (Å²) in [5.74, 6) is -0.273. The highest BCUT2D eigenvalue weighted by Gasteiger charge is 2.54. The molecule has 0 bridgehead atoms. The average Bonchev–Trinajstić information content (AvgIpc) is 0.777. The number of amides is 1. The first-order valence-electron chi connectivity index (χ1n) is 48.1. The van der Waals surface area contributed by atoms with Crippen LogP contribution in [0.2, 0.25) is 0 Å². The lowest BCUT2D eigenvalue weighted by atomic mass is 9.96. The van der Waals surface area contributed by atoms with Gasteiger partial charge in [0.2, 0.25) is 5.91 Å². The maximum atomic E-state index is 13.5. The molecule has 0 aromatic heterocycles. The molecule has 3 heterocycles. The fourth-order valence-electron chi connectivity index (χ4n) is 15.7. The Labute approximate surface area is 716 Å². The monoisotopic (exact) mass is 1670 g/mol. The van der Waals surface area contributed by atoms with Gasteiger partial charge in [-0.2, -0.15) is 0 Å². The molecule has 0 radical (unpaired) electrons. The summed E-state index contributed by atoms with van der Waals surface area (Å²) >= 11 is 0. The minimum Gasteiger partial charge on any atom is -0.394 e. The van der Waals surface area contributed by atoms with Gasteiger partial charge in [0.15, 0.2) is 18.9 Å². The molecule has 0 saturated carbocycles. The van der Waals surface area contributed by atoms with E-state index in [-0.39, 0.29) is 18.9 Å². The van der Waals surface area contributed by atoms with E-state index in [9.17, 15) is 61.0 Å². The Morgan fingerprint density at radius 3 is 0.915 bits per heavy atom. The van der Waals surface area contributed by atoms with Crippen LogP contribution in [0.25, 0.3) is 0 Å². The van der Waals surface area contributed by atoms with Crippen molar-refractivity contribution in [2.24, 2.45) is 0 Å². The van der Waals surface area contributed by atoms with E-state index in [1.807, 2.05) is 6.08 Å². The zero-order valence-electron chi connectivity index (χ0n) is 74.1. The Morgan fingerprint density at radius 1 is 0.314 bits per heavy atom. The van der Waals surface area contributed by atoms with Gasteiger partial charge >= 0.3 is 0 Å². The number of allylic oxidation sites excluding steroid dienone is 17. The molecule has 0 aliphatic carbocycles. The minimum atomic E-state index is -1.98. The number of carbonyl (C=O) groups excluding carboxylic acids is 1. The van der Waals surface area contributed by atoms with Crippen LogP contribution in [0, 0.1) is 0 Å². The molecule has 3 aliphatic rings. The molecule has 17 atom stereocenters. The molecule has 118 heavy (non-hydrogen) atoms. The maximum Gasteiger partial charge on any atom is 0.220 e. The zero-order chi connectivity index (χ0) is 85.2. The summed E-state index contributed by atoms with van der Waals surface area (Å²) in [5, 5.41) is 121. The normalized spacial score (nSPS) is 24.8. The van der Waals surface area contributed by atoms with Gasteiger partial charge in [0.1, 0.15) is 73.2 Å². The van der Waals surface area contributed by atoms with E-state index in [1.165, 1.54) is 257 Å². The van der Waals surface area contributed by atoms with Crippen LogP contribution < -0.4 is 5.32 Å². The van der Waals surface area contributed by atoms with Crippen LogP contribution in [-0.4, -0.2) is 193 Å². The Balaban J connectivity index is 1.30. The smallest absolute Gasteiger partial charge is 0.220 e. The van der Waals surface area contributed by atoms with Crippen molar-refractivity contribution in [3.63, 3.8) is 0 Å². The Morgan fingerprint density at radius 2 is 0.585 bits per heavy atom. The second-order valence-corrected chi connectivity index (χ2v) is 33.8. The van der Waals surface area contributed by atoms with E-state index in [0.29, 0.717) is 6.42 Å². The van der Waals surface area contributed by atoms with Gasteiger partial charge in [-0.25, -0.2) is 0 Å². The van der Waals surface area contributed by atoms with Crippen molar-refractivity contribution in [2.75, 3.05) is 26.4 Å². The van der Waals surface area contributed by atoms with Gasteiger partial charge < -0.3 is 89.9 Å². The molecule has 19 heteroatoms. The van der Waals surface area contributed by atoms with Crippen LogP contribution in [0.5, 0.6) is 0 Å². The molecule has 3 saturated heterocycles. The molecule has 3 aliphatic heterocycles. The van der Waals surface area contributed by atoms with Crippen molar-refractivity contribution in [3.05, 3.63) is 109 Å². The molecular weight excluding hydrogens is 1490 g/mol. The lowest BCUT2D eigenvalue weighted by Gasteiger charge is -2.48. The Bertz CT molecular complexity index is 2550. The number of carbonyl (C=O) groups is 1. The van der Waals surface area contributed by atoms with Gasteiger partial charge in [0, 0.05) is 6.42 Å². The van der Waals surface area contributed by atoms with Crippen LogP contribution in [0.1, 0.15) is 380 Å². The molecule has 19 nitrogen and oxygen atoms in total. The number of hydrogen-bond donors (Lipinski definition) is 12. The molecule has 684 valence electrons. The molecular formula is C99H175NO18. The zero-order valence-corrected chi connectivity index (χ0v) is 74.1. The third kappa shape index (κ3) is 54.3. The van der Waals surface area contributed by atoms with E-state index in [4.69, 9.17) is 28.4 Å². The standard InChI is InChI=1S/C99H175NO18/c1-3-5-7-9-11-13-15-17-19-21-23-25-27-29-31-33-35-37-38-39-40-41-42-43-44-45-47-49-51-53-55-57-59-61-63-65-67-69-71-73-75-77-87(105)100-82(83(104)76-74-72-70-68-66-64-62-60-58-56-54-52-50-48-46-36-34-32-30-28-26-24-22-20-18-16-14-12-10-8-6-4-2)81-113-97-93(111)90(108)95(85(79-102)115-97)118-99-94(112)91(109)96(86(80-103)116-99)117-98-92(110)89(107)88(106)84(78-101)114-98/h5,7,11,13,17,19,23,25,29,31,35,37,39-40,42-43,74,76,82-86,88-99,101-104,106-112H,3-4,6,8-10,12,14-16,18,20-22,24,26-28,30,32-34,36,38,41,44-73,75,77-81H2,1-2H3,(H,100,105)/b7-5-,13-11-,19-17-,25-23-,31-29-,37-35-,40-39-,43-42-,76-74+. The highest BCUT2D eigenvalue weighted by atomic mass is 16.8. The van der Waals surface area contributed by atoms with Gasteiger partial charge in [-0.05, 0) is 83.5 Å². The van der Waals surface area contributed by atoms with Gasteiger partial charge in [-0.15, -0.1) is 0 Å². The van der Waals surface area contributed by atoms with Crippen molar-refractivity contribution in [1.29, 1.82) is 0 Å². The summed E-state index contributed by atoms with van der Waals surface area (Å²) in [6.45, 7) is 1.67. The van der Waals surface area contributed by atoms with Gasteiger partial charge in [0.05, 0.1) is 38.6 Å². The number of hydrogen-bond acceptors (Lipinski definition) is 18. The summed E-state index contributed by atoms with van der Waals surface area (Å²) in [6.07, 6.45) is 82.4. The Kier molecular flexibility index (Phi) is 70.9. The fraction of sp³-hybridized carbons (Fsp3) is 0.808. The van der Waals surface area contributed by atoms with Crippen LogP contribution in [0.4, 0.5) is 0 Å². The molecule has 12 N–H and O–H groups in total. The summed E-state index contributed by atoms with van der Waals surface area (Å²) in [6, 6.07) is -0.981. The van der Waals surface area contributed by atoms with Gasteiger partial charge in [-0.1, -0.05) is 399 Å². The Hall–Kier alpha value is -3.55. The third-order valence-electron chi connectivity index (χ3n) is 23.3. The molecule has 0 aromatic carbocycles. The number of aliphatic hydroxyl groups excluding tert-OH is 11. The first-order chi connectivity index (χ1) is 57.8. The highest BCUT2D eigenvalue weighted by molar-refractivity contribution is 5.76. The summed E-state index contributed by atoms with van der Waals surface area (Å²) in [7, 11) is 0. The minimum absolute atomic E-state index is 0.240. The van der Waals surface area contributed by atoms with Gasteiger partial charge in [-0.3, -0.25) is 4.79 Å². The SMILES string of the molecule is CC/C=C\C/C=C\C/C=C\C/C=C\C/C=C\C/C=C\C/C=C\C/C=C\CCCCCCCCCCCCCCCCCCC(=O)NC(COC1OC(CO)C(OC2OC(CO)C(OC3OC(CO)C(O)C(O)C3O)C(O)C2O)C(O)C1O)C(O)/C=C/CCCCCCCCCCCCCCCCCCCCCCCCCCCCCCCC. The first-order valence-corrected chi connectivity index (χ1v) is 48.1. The topological polar surface area (TPSA) is 307 Å². The van der Waals surface area contributed by atoms with E-state index in [2.05, 4.69) is 116 Å². The van der Waals surface area contributed by atoms with Crippen molar-refractivity contribution in [3.8, 4) is 0 Å². The largest absolute Gasteiger partial charge is 0.394 e. The summed E-state index contributed by atoms with van der Waals surface area (Å²) in [5.41, 5.74) is 0.